The van der Waals surface area contributed by atoms with E-state index >= 15 is 0 Å². The van der Waals surface area contributed by atoms with Gasteiger partial charge in [-0.05, 0) is 12.1 Å². The molecule has 1 heterocycles. The fraction of sp³-hybridized carbons (Fsp3) is 0.222. The Morgan fingerprint density at radius 2 is 1.93 bits per heavy atom. The lowest BCUT2D eigenvalue weighted by Crippen LogP contribution is -2.04. The van der Waals surface area contributed by atoms with Crippen LogP contribution in [-0.2, 0) is 0 Å². The van der Waals surface area contributed by atoms with Gasteiger partial charge in [0, 0.05) is 30.1 Å². The van der Waals surface area contributed by atoms with Gasteiger partial charge in [0.15, 0.2) is 0 Å². The van der Waals surface area contributed by atoms with E-state index in [1.807, 2.05) is 30.3 Å². The van der Waals surface area contributed by atoms with Gasteiger partial charge in [-0.25, -0.2) is 0 Å². The first kappa shape index (κ1) is 11.1. The van der Waals surface area contributed by atoms with E-state index in [0.717, 1.165) is 22.7 Å². The van der Waals surface area contributed by atoms with E-state index in [1.165, 1.54) is 0 Å². The van der Waals surface area contributed by atoms with Crippen LogP contribution in [0, 0.1) is 0 Å². The number of hydrogen-bond acceptors (Lipinski definition) is 3. The molecular weight excluding hydrogens is 221 g/mol. The molecule has 76 valence electrons. The number of hydrogen-bond donors (Lipinski definition) is 1. The van der Waals surface area contributed by atoms with E-state index in [2.05, 4.69) is 10.3 Å². The molecule has 1 aromatic carbocycles. The molecule has 0 spiro atoms. The molecular formula is C9H11Cl2N3. The van der Waals surface area contributed by atoms with Crippen molar-refractivity contribution >= 4 is 35.6 Å². The number of anilines is 1. The molecule has 1 aliphatic heterocycles. The van der Waals surface area contributed by atoms with Crippen LogP contribution in [0.1, 0.15) is 0 Å². The maximum absolute atomic E-state index is 5.40. The molecule has 0 aromatic heterocycles. The maximum atomic E-state index is 5.40. The molecule has 0 radical (unpaired) electrons. The highest BCUT2D eigenvalue weighted by molar-refractivity contribution is 6.49. The molecule has 3 nitrogen and oxygen atoms in total. The van der Waals surface area contributed by atoms with Gasteiger partial charge in [-0.15, -0.1) is 0 Å². The third-order valence-corrected chi connectivity index (χ3v) is 1.91. The van der Waals surface area contributed by atoms with E-state index in [9.17, 15) is 0 Å². The van der Waals surface area contributed by atoms with Crippen molar-refractivity contribution in [3.63, 3.8) is 0 Å². The highest BCUT2D eigenvalue weighted by Crippen LogP contribution is 2.16. The summed E-state index contributed by atoms with van der Waals surface area (Å²) in [6.45, 7) is 1.99. The number of nitrogens with zero attached hydrogens (tertiary/aromatic N) is 2. The van der Waals surface area contributed by atoms with Crippen LogP contribution in [0.15, 0.2) is 35.3 Å². The van der Waals surface area contributed by atoms with E-state index in [-0.39, 0.29) is 0 Å². The first-order chi connectivity index (χ1) is 6.80. The summed E-state index contributed by atoms with van der Waals surface area (Å²) in [5.74, 6) is 0. The standard InChI is InChI=1S/C6H5Cl2N.C3H6N2/c7-9(8)6-4-2-1-3-5-6;1-2-5-3-4-1/h1-5H;3H,1-2H2,(H,4,5). The molecule has 14 heavy (non-hydrogen) atoms. The van der Waals surface area contributed by atoms with Crippen molar-refractivity contribution in [2.75, 3.05) is 17.0 Å². The highest BCUT2D eigenvalue weighted by Gasteiger charge is 1.93. The van der Waals surface area contributed by atoms with Crippen molar-refractivity contribution in [3.05, 3.63) is 30.3 Å². The van der Waals surface area contributed by atoms with Gasteiger partial charge in [0.2, 0.25) is 0 Å². The molecule has 0 saturated heterocycles. The Bertz CT molecular complexity index is 269. The minimum absolute atomic E-state index is 0.779. The van der Waals surface area contributed by atoms with Crippen LogP contribution >= 0.6 is 23.6 Å². The van der Waals surface area contributed by atoms with Crippen molar-refractivity contribution in [1.29, 1.82) is 0 Å². The molecule has 0 atom stereocenters. The fourth-order valence-corrected chi connectivity index (χ4v) is 1.09. The quantitative estimate of drug-likeness (QED) is 0.753. The summed E-state index contributed by atoms with van der Waals surface area (Å²) in [7, 11) is 0. The Morgan fingerprint density at radius 1 is 1.21 bits per heavy atom. The summed E-state index contributed by atoms with van der Waals surface area (Å²) in [5.41, 5.74) is 0.779. The third kappa shape index (κ3) is 4.35. The average molecular weight is 232 g/mol. The molecule has 0 fully saturated rings. The van der Waals surface area contributed by atoms with E-state index in [0.29, 0.717) is 0 Å². The Labute approximate surface area is 93.6 Å². The van der Waals surface area contributed by atoms with Crippen LogP contribution in [0.25, 0.3) is 0 Å². The van der Waals surface area contributed by atoms with Crippen LogP contribution in [0.3, 0.4) is 0 Å². The van der Waals surface area contributed by atoms with Crippen molar-refractivity contribution in [3.8, 4) is 0 Å². The van der Waals surface area contributed by atoms with Crippen LogP contribution in [0.2, 0.25) is 0 Å². The minimum Gasteiger partial charge on any atom is -0.375 e. The average Bonchev–Trinajstić information content (AvgIpc) is 2.77. The van der Waals surface area contributed by atoms with Gasteiger partial charge in [-0.2, -0.15) is 3.94 Å². The lowest BCUT2D eigenvalue weighted by atomic mass is 10.3. The summed E-state index contributed by atoms with van der Waals surface area (Å²) >= 11 is 10.8. The van der Waals surface area contributed by atoms with E-state index in [1.54, 1.807) is 6.34 Å². The van der Waals surface area contributed by atoms with Gasteiger partial charge >= 0.3 is 0 Å². The lowest BCUT2D eigenvalue weighted by Gasteiger charge is -2.02. The van der Waals surface area contributed by atoms with Crippen molar-refractivity contribution < 1.29 is 0 Å². The Kier molecular flexibility index (Phi) is 5.19. The number of rotatable bonds is 1. The lowest BCUT2D eigenvalue weighted by molar-refractivity contribution is 0.965. The second kappa shape index (κ2) is 6.51. The second-order valence-electron chi connectivity index (χ2n) is 2.56. The summed E-state index contributed by atoms with van der Waals surface area (Å²) in [6.07, 6.45) is 1.74. The monoisotopic (exact) mass is 231 g/mol. The predicted molar refractivity (Wildman–Crippen MR) is 62.0 cm³/mol. The smallest absolute Gasteiger partial charge is 0.0825 e. The molecule has 1 aliphatic rings. The predicted octanol–water partition coefficient (Wildman–Crippen LogP) is 2.42. The Morgan fingerprint density at radius 3 is 2.21 bits per heavy atom. The first-order valence-electron chi connectivity index (χ1n) is 4.19. The second-order valence-corrected chi connectivity index (χ2v) is 3.41. The summed E-state index contributed by atoms with van der Waals surface area (Å²) in [5, 5.41) is 2.93. The van der Waals surface area contributed by atoms with Gasteiger partial charge < -0.3 is 5.32 Å². The first-order valence-corrected chi connectivity index (χ1v) is 4.87. The zero-order valence-corrected chi connectivity index (χ0v) is 9.04. The fourth-order valence-electron chi connectivity index (χ4n) is 0.863. The summed E-state index contributed by atoms with van der Waals surface area (Å²) in [4.78, 5) is 3.85. The molecule has 1 N–H and O–H groups in total. The van der Waals surface area contributed by atoms with Crippen LogP contribution in [-0.4, -0.2) is 19.4 Å². The normalized spacial score (nSPS) is 12.7. The van der Waals surface area contributed by atoms with Crippen molar-refractivity contribution in [1.82, 2.24) is 5.32 Å². The van der Waals surface area contributed by atoms with E-state index < -0.39 is 0 Å². The maximum Gasteiger partial charge on any atom is 0.0825 e. The molecule has 0 saturated carbocycles. The molecule has 0 aliphatic carbocycles. The van der Waals surface area contributed by atoms with Gasteiger partial charge in [0.05, 0.1) is 18.6 Å². The summed E-state index contributed by atoms with van der Waals surface area (Å²) in [6, 6.07) is 9.28. The molecule has 1 aromatic rings. The van der Waals surface area contributed by atoms with Crippen molar-refractivity contribution in [2.45, 2.75) is 0 Å². The molecule has 0 bridgehead atoms. The van der Waals surface area contributed by atoms with Crippen LogP contribution in [0.4, 0.5) is 5.69 Å². The SMILES string of the molecule is C1=NCCN1.ClN(Cl)c1ccccc1. The van der Waals surface area contributed by atoms with Crippen LogP contribution in [0.5, 0.6) is 0 Å². The number of aliphatic imine (C=N–C) groups is 1. The van der Waals surface area contributed by atoms with Gasteiger partial charge in [-0.1, -0.05) is 18.2 Å². The molecule has 5 heteroatoms. The van der Waals surface area contributed by atoms with Gasteiger partial charge in [0.25, 0.3) is 0 Å². The molecule has 0 amide bonds. The number of benzene rings is 1. The summed E-state index contributed by atoms with van der Waals surface area (Å²) < 4.78 is 1.03. The number of para-hydroxylation sites is 1. The van der Waals surface area contributed by atoms with Gasteiger partial charge in [-0.3, -0.25) is 4.99 Å². The third-order valence-electron chi connectivity index (χ3n) is 1.52. The topological polar surface area (TPSA) is 27.6 Å². The van der Waals surface area contributed by atoms with E-state index in [4.69, 9.17) is 23.6 Å². The number of nitrogens with one attached hydrogen (secondary N) is 1. The molecule has 0 unspecified atom stereocenters. The molecule has 2 rings (SSSR count). The number of halogens is 2. The zero-order chi connectivity index (χ0) is 10.2. The Balaban J connectivity index is 0.000000165. The largest absolute Gasteiger partial charge is 0.375 e. The van der Waals surface area contributed by atoms with Crippen LogP contribution < -0.4 is 9.25 Å². The highest BCUT2D eigenvalue weighted by atomic mass is 35.5. The zero-order valence-electron chi connectivity index (χ0n) is 7.53. The van der Waals surface area contributed by atoms with Crippen molar-refractivity contribution in [2.24, 2.45) is 4.99 Å². The Hall–Kier alpha value is -0.930. The minimum atomic E-state index is 0.779. The van der Waals surface area contributed by atoms with Gasteiger partial charge in [0.1, 0.15) is 0 Å².